The van der Waals surface area contributed by atoms with E-state index in [2.05, 4.69) is 6.92 Å². The molecule has 5 rings (SSSR count). The van der Waals surface area contributed by atoms with E-state index in [4.69, 9.17) is 9.15 Å². The van der Waals surface area contributed by atoms with Crippen LogP contribution in [0.15, 0.2) is 69.9 Å². The fraction of sp³-hybridized carbons (Fsp3) is 0.290. The molecular formula is C31H30FNO4. The largest absolute Gasteiger partial charge is 0.494 e. The molecule has 1 atom stereocenters. The van der Waals surface area contributed by atoms with Crippen molar-refractivity contribution in [3.05, 3.63) is 110 Å². The highest BCUT2D eigenvalue weighted by Crippen LogP contribution is 2.40. The minimum Gasteiger partial charge on any atom is -0.494 e. The van der Waals surface area contributed by atoms with Crippen LogP contribution >= 0.6 is 0 Å². The predicted molar refractivity (Wildman–Crippen MR) is 142 cm³/mol. The van der Waals surface area contributed by atoms with Crippen LogP contribution in [0.2, 0.25) is 0 Å². The molecule has 0 saturated heterocycles. The summed E-state index contributed by atoms with van der Waals surface area (Å²) in [7, 11) is 0. The van der Waals surface area contributed by atoms with E-state index < -0.39 is 6.04 Å². The Kier molecular flexibility index (Phi) is 6.83. The van der Waals surface area contributed by atoms with Crippen molar-refractivity contribution >= 4 is 16.9 Å². The lowest BCUT2D eigenvalue weighted by Gasteiger charge is -2.25. The number of aryl methyl sites for hydroxylation is 2. The smallest absolute Gasteiger partial charge is 0.291 e. The zero-order chi connectivity index (χ0) is 26.1. The maximum absolute atomic E-state index is 13.9. The molecule has 1 unspecified atom stereocenters. The van der Waals surface area contributed by atoms with E-state index in [1.165, 1.54) is 12.1 Å². The van der Waals surface area contributed by atoms with Gasteiger partial charge in [0.1, 0.15) is 17.1 Å². The first-order chi connectivity index (χ1) is 17.9. The van der Waals surface area contributed by atoms with E-state index in [0.29, 0.717) is 28.9 Å². The van der Waals surface area contributed by atoms with Gasteiger partial charge in [0, 0.05) is 6.54 Å². The SMILES string of the molecule is CCCCCOc1cccc(C2c3c(oc4cc(C)cc(C)c4c3=O)C(=O)N2Cc2ccc(F)cc2)c1. The molecule has 37 heavy (non-hydrogen) atoms. The number of carbonyl (C=O) groups is 1. The van der Waals surface area contributed by atoms with Gasteiger partial charge < -0.3 is 14.1 Å². The van der Waals surface area contributed by atoms with Crippen LogP contribution in [0, 0.1) is 19.7 Å². The Labute approximate surface area is 215 Å². The van der Waals surface area contributed by atoms with Crippen LogP contribution in [0.25, 0.3) is 11.0 Å². The number of nitrogens with zero attached hydrogens (tertiary/aromatic N) is 1. The second-order valence-electron chi connectivity index (χ2n) is 9.72. The zero-order valence-corrected chi connectivity index (χ0v) is 21.3. The quantitative estimate of drug-likeness (QED) is 0.248. The van der Waals surface area contributed by atoms with Crippen LogP contribution in [-0.2, 0) is 6.54 Å². The third kappa shape index (κ3) is 4.76. The summed E-state index contributed by atoms with van der Waals surface area (Å²) < 4.78 is 25.7. The van der Waals surface area contributed by atoms with Gasteiger partial charge in [-0.15, -0.1) is 0 Å². The summed E-state index contributed by atoms with van der Waals surface area (Å²) in [5, 5.41) is 0.484. The molecule has 1 aromatic heterocycles. The molecule has 190 valence electrons. The molecule has 1 amide bonds. The number of hydrogen-bond acceptors (Lipinski definition) is 4. The monoisotopic (exact) mass is 499 g/mol. The fourth-order valence-electron chi connectivity index (χ4n) is 5.13. The number of amides is 1. The maximum atomic E-state index is 13.9. The molecule has 4 aromatic rings. The van der Waals surface area contributed by atoms with Gasteiger partial charge in [-0.3, -0.25) is 9.59 Å². The van der Waals surface area contributed by atoms with Gasteiger partial charge in [-0.05, 0) is 72.9 Å². The highest BCUT2D eigenvalue weighted by atomic mass is 19.1. The van der Waals surface area contributed by atoms with Gasteiger partial charge in [0.25, 0.3) is 5.91 Å². The third-order valence-electron chi connectivity index (χ3n) is 6.87. The number of ether oxygens (including phenoxy) is 1. The van der Waals surface area contributed by atoms with Crippen LogP contribution in [0.5, 0.6) is 5.75 Å². The van der Waals surface area contributed by atoms with Gasteiger partial charge in [-0.1, -0.05) is 50.1 Å². The Morgan fingerprint density at radius 1 is 1.00 bits per heavy atom. The van der Waals surface area contributed by atoms with Gasteiger partial charge in [0.05, 0.1) is 23.6 Å². The summed E-state index contributed by atoms with van der Waals surface area (Å²) in [4.78, 5) is 29.3. The average molecular weight is 500 g/mol. The molecule has 2 heterocycles. The van der Waals surface area contributed by atoms with Crippen molar-refractivity contribution in [2.24, 2.45) is 0 Å². The van der Waals surface area contributed by atoms with Crippen LogP contribution in [0.1, 0.15) is 70.6 Å². The summed E-state index contributed by atoms with van der Waals surface area (Å²) in [5.74, 6) is 0.0343. The second-order valence-corrected chi connectivity index (χ2v) is 9.72. The van der Waals surface area contributed by atoms with E-state index in [1.807, 2.05) is 44.2 Å². The molecule has 0 radical (unpaired) electrons. The molecule has 0 bridgehead atoms. The third-order valence-corrected chi connectivity index (χ3v) is 6.87. The first kappa shape index (κ1) is 24.8. The Morgan fingerprint density at radius 2 is 1.78 bits per heavy atom. The van der Waals surface area contributed by atoms with Crippen molar-refractivity contribution in [2.45, 2.75) is 52.6 Å². The first-order valence-electron chi connectivity index (χ1n) is 12.7. The Morgan fingerprint density at radius 3 is 2.54 bits per heavy atom. The van der Waals surface area contributed by atoms with E-state index >= 15 is 0 Å². The minimum atomic E-state index is -0.659. The van der Waals surface area contributed by atoms with Gasteiger partial charge >= 0.3 is 0 Å². The molecule has 0 aliphatic carbocycles. The Hall–Kier alpha value is -3.93. The van der Waals surface area contributed by atoms with Crippen molar-refractivity contribution < 1.29 is 18.3 Å². The van der Waals surface area contributed by atoms with Crippen molar-refractivity contribution in [2.75, 3.05) is 6.61 Å². The highest BCUT2D eigenvalue weighted by molar-refractivity contribution is 5.99. The van der Waals surface area contributed by atoms with Crippen LogP contribution in [0.3, 0.4) is 0 Å². The molecule has 0 N–H and O–H groups in total. The molecule has 0 saturated carbocycles. The van der Waals surface area contributed by atoms with Crippen LogP contribution in [0.4, 0.5) is 4.39 Å². The van der Waals surface area contributed by atoms with Crippen LogP contribution < -0.4 is 10.2 Å². The van der Waals surface area contributed by atoms with Gasteiger partial charge in [0.2, 0.25) is 5.76 Å². The van der Waals surface area contributed by atoms with Crippen LogP contribution in [-0.4, -0.2) is 17.4 Å². The number of benzene rings is 3. The molecule has 3 aromatic carbocycles. The standard InChI is InChI=1S/C31H30FNO4/c1-4-5-6-14-36-24-9-7-8-22(17-24)28-27-29(34)26-20(3)15-19(2)16-25(26)37-30(27)31(35)33(28)18-21-10-12-23(32)13-11-21/h7-13,15-17,28H,4-6,14,18H2,1-3H3. The Balaban J connectivity index is 1.64. The number of fused-ring (bicyclic) bond motifs is 2. The molecule has 0 fully saturated rings. The summed E-state index contributed by atoms with van der Waals surface area (Å²) >= 11 is 0. The molecular weight excluding hydrogens is 469 g/mol. The highest BCUT2D eigenvalue weighted by Gasteiger charge is 2.43. The molecule has 1 aliphatic heterocycles. The van der Waals surface area contributed by atoms with Gasteiger partial charge in [-0.2, -0.15) is 0 Å². The van der Waals surface area contributed by atoms with Crippen molar-refractivity contribution in [3.8, 4) is 5.75 Å². The van der Waals surface area contributed by atoms with Crippen molar-refractivity contribution in [3.63, 3.8) is 0 Å². The first-order valence-corrected chi connectivity index (χ1v) is 12.7. The zero-order valence-electron chi connectivity index (χ0n) is 21.3. The summed E-state index contributed by atoms with van der Waals surface area (Å²) in [6, 6.07) is 16.7. The lowest BCUT2D eigenvalue weighted by atomic mass is 9.96. The molecule has 0 spiro atoms. The lowest BCUT2D eigenvalue weighted by molar-refractivity contribution is 0.0714. The number of rotatable bonds is 8. The van der Waals surface area contributed by atoms with Crippen molar-refractivity contribution in [1.82, 2.24) is 4.90 Å². The average Bonchev–Trinajstić information content (AvgIpc) is 3.14. The normalized spacial score (nSPS) is 14.9. The minimum absolute atomic E-state index is 0.0591. The Bertz CT molecular complexity index is 1520. The van der Waals surface area contributed by atoms with E-state index in [9.17, 15) is 14.0 Å². The summed E-state index contributed by atoms with van der Waals surface area (Å²) in [5.41, 5.74) is 3.80. The van der Waals surface area contributed by atoms with E-state index in [-0.39, 0.29) is 29.5 Å². The van der Waals surface area contributed by atoms with Crippen molar-refractivity contribution in [1.29, 1.82) is 0 Å². The van der Waals surface area contributed by atoms with Gasteiger partial charge in [-0.25, -0.2) is 4.39 Å². The number of unbranched alkanes of at least 4 members (excludes halogenated alkanes) is 2. The summed E-state index contributed by atoms with van der Waals surface area (Å²) in [6.45, 7) is 6.75. The number of halogens is 1. The van der Waals surface area contributed by atoms with Gasteiger partial charge in [0.15, 0.2) is 5.43 Å². The van der Waals surface area contributed by atoms with E-state index in [0.717, 1.165) is 41.5 Å². The lowest BCUT2D eigenvalue weighted by Crippen LogP contribution is -2.29. The van der Waals surface area contributed by atoms with E-state index in [1.54, 1.807) is 23.1 Å². The number of hydrogen-bond donors (Lipinski definition) is 0. The topological polar surface area (TPSA) is 59.8 Å². The molecule has 1 aliphatic rings. The predicted octanol–water partition coefficient (Wildman–Crippen LogP) is 6.86. The molecule has 6 heteroatoms. The number of carbonyl (C=O) groups excluding carboxylic acids is 1. The fourth-order valence-corrected chi connectivity index (χ4v) is 5.13. The molecule has 5 nitrogen and oxygen atoms in total. The maximum Gasteiger partial charge on any atom is 0.291 e. The summed E-state index contributed by atoms with van der Waals surface area (Å²) in [6.07, 6.45) is 3.14. The second kappa shape index (κ2) is 10.2.